The van der Waals surface area contributed by atoms with E-state index in [1.54, 1.807) is 0 Å². The number of rotatable bonds is 4. The topological polar surface area (TPSA) is 98.3 Å². The lowest BCUT2D eigenvalue weighted by atomic mass is 10.2. The first kappa shape index (κ1) is 12.8. The summed E-state index contributed by atoms with van der Waals surface area (Å²) >= 11 is 0. The number of halogens is 1. The standard InChI is InChI=1S/C10H10FN3O3/c11-8-4-3-7(6-9(8)14(16)17)13-10(15)2-1-5-12/h1-4,6H,5,12H2,(H,13,15)/b2-1+. The summed E-state index contributed by atoms with van der Waals surface area (Å²) in [6.45, 7) is 0.205. The van der Waals surface area contributed by atoms with E-state index in [-0.39, 0.29) is 12.2 Å². The summed E-state index contributed by atoms with van der Waals surface area (Å²) in [5.74, 6) is -1.44. The highest BCUT2D eigenvalue weighted by atomic mass is 19.1. The van der Waals surface area contributed by atoms with Crippen molar-refractivity contribution < 1.29 is 14.1 Å². The summed E-state index contributed by atoms with van der Waals surface area (Å²) < 4.78 is 13.0. The van der Waals surface area contributed by atoms with Crippen LogP contribution in [0.3, 0.4) is 0 Å². The molecule has 0 spiro atoms. The number of carbonyl (C=O) groups is 1. The van der Waals surface area contributed by atoms with Crippen LogP contribution in [0.2, 0.25) is 0 Å². The molecule has 17 heavy (non-hydrogen) atoms. The third kappa shape index (κ3) is 3.65. The van der Waals surface area contributed by atoms with E-state index in [0.717, 1.165) is 12.1 Å². The number of anilines is 1. The Morgan fingerprint density at radius 1 is 1.59 bits per heavy atom. The summed E-state index contributed by atoms with van der Waals surface area (Å²) in [6, 6.07) is 3.10. The maximum atomic E-state index is 13.0. The Morgan fingerprint density at radius 3 is 2.88 bits per heavy atom. The van der Waals surface area contributed by atoms with Gasteiger partial charge in [0.2, 0.25) is 11.7 Å². The van der Waals surface area contributed by atoms with Gasteiger partial charge in [-0.05, 0) is 12.1 Å². The van der Waals surface area contributed by atoms with Crippen LogP contribution < -0.4 is 11.1 Å². The van der Waals surface area contributed by atoms with E-state index in [9.17, 15) is 19.3 Å². The molecule has 1 aromatic carbocycles. The maximum absolute atomic E-state index is 13.0. The van der Waals surface area contributed by atoms with Crippen molar-refractivity contribution in [3.05, 3.63) is 46.3 Å². The number of hydrogen-bond donors (Lipinski definition) is 2. The van der Waals surface area contributed by atoms with Gasteiger partial charge in [-0.2, -0.15) is 4.39 Å². The van der Waals surface area contributed by atoms with Crippen molar-refractivity contribution in [3.8, 4) is 0 Å². The second-order valence-electron chi connectivity index (χ2n) is 3.05. The summed E-state index contributed by atoms with van der Waals surface area (Å²) in [7, 11) is 0. The number of nitrogens with zero attached hydrogens (tertiary/aromatic N) is 1. The van der Waals surface area contributed by atoms with Crippen LogP contribution >= 0.6 is 0 Å². The fourth-order valence-corrected chi connectivity index (χ4v) is 1.09. The molecule has 7 heteroatoms. The first-order chi connectivity index (χ1) is 8.04. The van der Waals surface area contributed by atoms with Gasteiger partial charge in [0.25, 0.3) is 0 Å². The summed E-state index contributed by atoms with van der Waals surface area (Å²) in [6.07, 6.45) is 2.61. The quantitative estimate of drug-likeness (QED) is 0.468. The molecule has 1 rings (SSSR count). The van der Waals surface area contributed by atoms with Crippen LogP contribution in [0.5, 0.6) is 0 Å². The second kappa shape index (κ2) is 5.71. The average Bonchev–Trinajstić information content (AvgIpc) is 2.28. The van der Waals surface area contributed by atoms with Crippen LogP contribution in [0.15, 0.2) is 30.4 Å². The number of nitro groups is 1. The molecule has 90 valence electrons. The SMILES string of the molecule is NC/C=C/C(=O)Nc1ccc(F)c([N+](=O)[O-])c1. The largest absolute Gasteiger partial charge is 0.327 e. The molecule has 0 radical (unpaired) electrons. The highest BCUT2D eigenvalue weighted by molar-refractivity contribution is 5.99. The number of hydrogen-bond acceptors (Lipinski definition) is 4. The van der Waals surface area contributed by atoms with E-state index in [2.05, 4.69) is 5.32 Å². The molecular weight excluding hydrogens is 229 g/mol. The van der Waals surface area contributed by atoms with Gasteiger partial charge < -0.3 is 11.1 Å². The van der Waals surface area contributed by atoms with Gasteiger partial charge in [0.05, 0.1) is 4.92 Å². The fourth-order valence-electron chi connectivity index (χ4n) is 1.09. The zero-order valence-corrected chi connectivity index (χ0v) is 8.72. The number of nitrogens with two attached hydrogens (primary N) is 1. The predicted octanol–water partition coefficient (Wildman–Crippen LogP) is 1.19. The maximum Gasteiger partial charge on any atom is 0.306 e. The number of carbonyl (C=O) groups excluding carboxylic acids is 1. The fraction of sp³-hybridized carbons (Fsp3) is 0.100. The van der Waals surface area contributed by atoms with E-state index < -0.39 is 22.3 Å². The van der Waals surface area contributed by atoms with Crippen molar-refractivity contribution in [2.45, 2.75) is 0 Å². The molecule has 0 aliphatic carbocycles. The van der Waals surface area contributed by atoms with Gasteiger partial charge in [-0.3, -0.25) is 14.9 Å². The lowest BCUT2D eigenvalue weighted by Gasteiger charge is -2.02. The molecule has 0 atom stereocenters. The van der Waals surface area contributed by atoms with Crippen molar-refractivity contribution in [1.82, 2.24) is 0 Å². The molecule has 0 bridgehead atoms. The normalized spacial score (nSPS) is 10.5. The van der Waals surface area contributed by atoms with Crippen LogP contribution in [0.1, 0.15) is 0 Å². The zero-order valence-electron chi connectivity index (χ0n) is 8.72. The monoisotopic (exact) mass is 239 g/mol. The Morgan fingerprint density at radius 2 is 2.29 bits per heavy atom. The average molecular weight is 239 g/mol. The number of nitrogens with one attached hydrogen (secondary N) is 1. The first-order valence-electron chi connectivity index (χ1n) is 4.66. The van der Waals surface area contributed by atoms with E-state index in [0.29, 0.717) is 0 Å². The summed E-state index contributed by atoms with van der Waals surface area (Å²) in [5, 5.41) is 12.8. The molecule has 0 unspecified atom stereocenters. The summed E-state index contributed by atoms with van der Waals surface area (Å²) in [4.78, 5) is 20.8. The Hall–Kier alpha value is -2.28. The lowest BCUT2D eigenvalue weighted by Crippen LogP contribution is -2.09. The third-order valence-corrected chi connectivity index (χ3v) is 1.82. The van der Waals surface area contributed by atoms with E-state index >= 15 is 0 Å². The molecule has 0 fully saturated rings. The molecular formula is C10H10FN3O3. The second-order valence-corrected chi connectivity index (χ2v) is 3.05. The highest BCUT2D eigenvalue weighted by Crippen LogP contribution is 2.21. The minimum atomic E-state index is -0.953. The van der Waals surface area contributed by atoms with Crippen molar-refractivity contribution in [2.24, 2.45) is 5.73 Å². The number of nitro benzene ring substituents is 1. The Kier molecular flexibility index (Phi) is 4.29. The van der Waals surface area contributed by atoms with E-state index in [1.165, 1.54) is 18.2 Å². The third-order valence-electron chi connectivity index (χ3n) is 1.82. The van der Waals surface area contributed by atoms with Crippen molar-refractivity contribution in [1.29, 1.82) is 0 Å². The molecule has 0 aliphatic heterocycles. The molecule has 0 aliphatic rings. The van der Waals surface area contributed by atoms with Crippen molar-refractivity contribution in [3.63, 3.8) is 0 Å². The molecule has 0 heterocycles. The van der Waals surface area contributed by atoms with Crippen LogP contribution in [-0.4, -0.2) is 17.4 Å². The minimum Gasteiger partial charge on any atom is -0.327 e. The Labute approximate surface area is 96.1 Å². The van der Waals surface area contributed by atoms with Gasteiger partial charge >= 0.3 is 5.69 Å². The van der Waals surface area contributed by atoms with Gasteiger partial charge in [0.1, 0.15) is 0 Å². The van der Waals surface area contributed by atoms with Gasteiger partial charge in [-0.15, -0.1) is 0 Å². The van der Waals surface area contributed by atoms with Crippen LogP contribution in [-0.2, 0) is 4.79 Å². The van der Waals surface area contributed by atoms with Crippen molar-refractivity contribution in [2.75, 3.05) is 11.9 Å². The predicted molar refractivity (Wildman–Crippen MR) is 59.9 cm³/mol. The number of amides is 1. The van der Waals surface area contributed by atoms with Crippen molar-refractivity contribution >= 4 is 17.3 Å². The van der Waals surface area contributed by atoms with Crippen LogP contribution in [0, 0.1) is 15.9 Å². The van der Waals surface area contributed by atoms with Gasteiger partial charge in [0, 0.05) is 24.4 Å². The van der Waals surface area contributed by atoms with E-state index in [1.807, 2.05) is 0 Å². The van der Waals surface area contributed by atoms with Gasteiger partial charge in [0.15, 0.2) is 0 Å². The zero-order chi connectivity index (χ0) is 12.8. The Bertz CT molecular complexity index is 474. The first-order valence-corrected chi connectivity index (χ1v) is 4.66. The molecule has 0 saturated heterocycles. The van der Waals surface area contributed by atoms with Gasteiger partial charge in [-0.1, -0.05) is 6.08 Å². The highest BCUT2D eigenvalue weighted by Gasteiger charge is 2.14. The van der Waals surface area contributed by atoms with Crippen LogP contribution in [0.25, 0.3) is 0 Å². The Balaban J connectivity index is 2.86. The molecule has 6 nitrogen and oxygen atoms in total. The minimum absolute atomic E-state index is 0.143. The number of benzene rings is 1. The smallest absolute Gasteiger partial charge is 0.306 e. The molecule has 1 amide bonds. The molecule has 0 aromatic heterocycles. The summed E-state index contributed by atoms with van der Waals surface area (Å²) in [5.41, 5.74) is 4.60. The van der Waals surface area contributed by atoms with Crippen LogP contribution in [0.4, 0.5) is 15.8 Å². The molecule has 0 saturated carbocycles. The molecule has 3 N–H and O–H groups in total. The lowest BCUT2D eigenvalue weighted by molar-refractivity contribution is -0.387. The van der Waals surface area contributed by atoms with Gasteiger partial charge in [-0.25, -0.2) is 0 Å². The van der Waals surface area contributed by atoms with E-state index in [4.69, 9.17) is 5.73 Å². The molecule has 1 aromatic rings.